The Bertz CT molecular complexity index is 553. The van der Waals surface area contributed by atoms with Gasteiger partial charge in [0.25, 0.3) is 0 Å². The van der Waals surface area contributed by atoms with Crippen molar-refractivity contribution in [2.45, 2.75) is 25.6 Å². The molecule has 3 rings (SSSR count). The fraction of sp³-hybridized carbons (Fsp3) is 0.353. The molecule has 2 aromatic rings. The predicted octanol–water partition coefficient (Wildman–Crippen LogP) is 4.22. The highest BCUT2D eigenvalue weighted by Crippen LogP contribution is 2.31. The molecule has 0 aliphatic heterocycles. The molecule has 0 N–H and O–H groups in total. The number of benzene rings is 1. The van der Waals surface area contributed by atoms with Gasteiger partial charge >= 0.3 is 0 Å². The van der Waals surface area contributed by atoms with E-state index in [-0.39, 0.29) is 0 Å². The summed E-state index contributed by atoms with van der Waals surface area (Å²) in [7, 11) is 0. The van der Waals surface area contributed by atoms with Gasteiger partial charge in [-0.05, 0) is 46.3 Å². The molecule has 1 aromatic heterocycles. The molecule has 1 saturated carbocycles. The molecule has 0 unspecified atom stereocenters. The first-order valence-electron chi connectivity index (χ1n) is 7.19. The molecule has 1 fully saturated rings. The third-order valence-electron chi connectivity index (χ3n) is 3.69. The van der Waals surface area contributed by atoms with Crippen LogP contribution in [0.5, 0.6) is 5.88 Å². The second-order valence-corrected chi connectivity index (χ2v) is 6.30. The van der Waals surface area contributed by atoms with Gasteiger partial charge in [-0.3, -0.25) is 0 Å². The van der Waals surface area contributed by atoms with E-state index >= 15 is 0 Å². The summed E-state index contributed by atoms with van der Waals surface area (Å²) in [5.41, 5.74) is 1.23. The van der Waals surface area contributed by atoms with E-state index in [1.54, 1.807) is 6.20 Å². The van der Waals surface area contributed by atoms with E-state index in [1.807, 2.05) is 30.3 Å². The third kappa shape index (κ3) is 4.29. The Balaban J connectivity index is 1.33. The Morgan fingerprint density at radius 1 is 1.10 bits per heavy atom. The summed E-state index contributed by atoms with van der Waals surface area (Å²) < 4.78 is 12.5. The SMILES string of the molecule is Brc1ccc(OCC2CC(OCc3ccccc3)C2)nc1. The molecule has 110 valence electrons. The number of hydrogen-bond donors (Lipinski definition) is 0. The molecule has 3 nitrogen and oxygen atoms in total. The lowest BCUT2D eigenvalue weighted by atomic mass is 9.83. The number of halogens is 1. The number of rotatable bonds is 6. The van der Waals surface area contributed by atoms with Crippen molar-refractivity contribution in [2.75, 3.05) is 6.61 Å². The fourth-order valence-corrected chi connectivity index (χ4v) is 2.62. The van der Waals surface area contributed by atoms with E-state index in [0.717, 1.165) is 23.9 Å². The highest BCUT2D eigenvalue weighted by atomic mass is 79.9. The van der Waals surface area contributed by atoms with Crippen LogP contribution in [0.4, 0.5) is 0 Å². The lowest BCUT2D eigenvalue weighted by Crippen LogP contribution is -2.34. The zero-order chi connectivity index (χ0) is 14.5. The van der Waals surface area contributed by atoms with Crippen molar-refractivity contribution in [3.05, 3.63) is 58.7 Å². The van der Waals surface area contributed by atoms with Crippen LogP contribution in [-0.2, 0) is 11.3 Å². The smallest absolute Gasteiger partial charge is 0.213 e. The number of hydrogen-bond acceptors (Lipinski definition) is 3. The molecule has 1 aliphatic carbocycles. The largest absolute Gasteiger partial charge is 0.477 e. The second kappa shape index (κ2) is 7.05. The summed E-state index contributed by atoms with van der Waals surface area (Å²) in [6.07, 6.45) is 4.27. The zero-order valence-electron chi connectivity index (χ0n) is 11.7. The number of nitrogens with zero attached hydrogens (tertiary/aromatic N) is 1. The van der Waals surface area contributed by atoms with Crippen LogP contribution < -0.4 is 4.74 Å². The van der Waals surface area contributed by atoms with Gasteiger partial charge in [-0.25, -0.2) is 4.98 Å². The molecule has 1 aliphatic rings. The van der Waals surface area contributed by atoms with Crippen LogP contribution in [0.3, 0.4) is 0 Å². The van der Waals surface area contributed by atoms with Crippen LogP contribution >= 0.6 is 15.9 Å². The van der Waals surface area contributed by atoms with Crippen molar-refractivity contribution in [1.29, 1.82) is 0 Å². The molecule has 1 aromatic carbocycles. The first kappa shape index (κ1) is 14.5. The Hall–Kier alpha value is -1.39. The Kier molecular flexibility index (Phi) is 4.88. The van der Waals surface area contributed by atoms with E-state index < -0.39 is 0 Å². The van der Waals surface area contributed by atoms with Crippen molar-refractivity contribution in [2.24, 2.45) is 5.92 Å². The van der Waals surface area contributed by atoms with Crippen molar-refractivity contribution in [1.82, 2.24) is 4.98 Å². The Labute approximate surface area is 133 Å². The van der Waals surface area contributed by atoms with Gasteiger partial charge < -0.3 is 9.47 Å². The summed E-state index contributed by atoms with van der Waals surface area (Å²) in [4.78, 5) is 4.20. The van der Waals surface area contributed by atoms with Crippen LogP contribution in [-0.4, -0.2) is 17.7 Å². The lowest BCUT2D eigenvalue weighted by molar-refractivity contribution is -0.0508. The van der Waals surface area contributed by atoms with Gasteiger partial charge in [-0.15, -0.1) is 0 Å². The first-order chi connectivity index (χ1) is 10.3. The standard InChI is InChI=1S/C17H18BrNO2/c18-15-6-7-17(19-10-15)21-12-14-8-16(9-14)20-11-13-4-2-1-3-5-13/h1-7,10,14,16H,8-9,11-12H2. The van der Waals surface area contributed by atoms with Gasteiger partial charge in [0.05, 0.1) is 19.3 Å². The normalized spacial score (nSPS) is 20.8. The number of ether oxygens (including phenoxy) is 2. The van der Waals surface area contributed by atoms with Gasteiger partial charge in [0.2, 0.25) is 5.88 Å². The van der Waals surface area contributed by atoms with Crippen molar-refractivity contribution in [3.63, 3.8) is 0 Å². The number of aromatic nitrogens is 1. The van der Waals surface area contributed by atoms with Crippen molar-refractivity contribution >= 4 is 15.9 Å². The molecule has 0 radical (unpaired) electrons. The van der Waals surface area contributed by atoms with Crippen LogP contribution in [0.1, 0.15) is 18.4 Å². The van der Waals surface area contributed by atoms with Gasteiger partial charge in [0.15, 0.2) is 0 Å². The Morgan fingerprint density at radius 3 is 2.62 bits per heavy atom. The molecule has 0 amide bonds. The van der Waals surface area contributed by atoms with Crippen LogP contribution in [0.2, 0.25) is 0 Å². The quantitative estimate of drug-likeness (QED) is 0.783. The minimum absolute atomic E-state index is 0.372. The van der Waals surface area contributed by atoms with E-state index in [4.69, 9.17) is 9.47 Å². The van der Waals surface area contributed by atoms with Gasteiger partial charge in [-0.2, -0.15) is 0 Å². The van der Waals surface area contributed by atoms with E-state index in [2.05, 4.69) is 33.0 Å². The summed E-state index contributed by atoms with van der Waals surface area (Å²) >= 11 is 3.36. The molecule has 0 spiro atoms. The molecule has 0 atom stereocenters. The summed E-state index contributed by atoms with van der Waals surface area (Å²) in [6.45, 7) is 1.42. The second-order valence-electron chi connectivity index (χ2n) is 5.38. The highest BCUT2D eigenvalue weighted by Gasteiger charge is 2.30. The zero-order valence-corrected chi connectivity index (χ0v) is 13.3. The van der Waals surface area contributed by atoms with Gasteiger partial charge in [0.1, 0.15) is 0 Å². The molecule has 4 heteroatoms. The minimum atomic E-state index is 0.372. The monoisotopic (exact) mass is 347 g/mol. The fourth-order valence-electron chi connectivity index (χ4n) is 2.39. The van der Waals surface area contributed by atoms with E-state index in [0.29, 0.717) is 24.5 Å². The first-order valence-corrected chi connectivity index (χ1v) is 7.99. The number of pyridine rings is 1. The Morgan fingerprint density at radius 2 is 1.90 bits per heavy atom. The predicted molar refractivity (Wildman–Crippen MR) is 85.2 cm³/mol. The molecule has 1 heterocycles. The molecular weight excluding hydrogens is 330 g/mol. The summed E-state index contributed by atoms with van der Waals surface area (Å²) in [6, 6.07) is 14.1. The van der Waals surface area contributed by atoms with Gasteiger partial charge in [-0.1, -0.05) is 30.3 Å². The van der Waals surface area contributed by atoms with Crippen LogP contribution in [0, 0.1) is 5.92 Å². The third-order valence-corrected chi connectivity index (χ3v) is 4.16. The maximum Gasteiger partial charge on any atom is 0.213 e. The molecular formula is C17H18BrNO2. The maximum atomic E-state index is 5.88. The molecule has 0 bridgehead atoms. The van der Waals surface area contributed by atoms with Crippen molar-refractivity contribution < 1.29 is 9.47 Å². The van der Waals surface area contributed by atoms with Crippen molar-refractivity contribution in [3.8, 4) is 5.88 Å². The van der Waals surface area contributed by atoms with Gasteiger partial charge in [0, 0.05) is 16.7 Å². The summed E-state index contributed by atoms with van der Waals surface area (Å²) in [5, 5.41) is 0. The molecule has 21 heavy (non-hydrogen) atoms. The summed E-state index contributed by atoms with van der Waals surface area (Å²) in [5.74, 6) is 1.27. The molecule has 0 saturated heterocycles. The topological polar surface area (TPSA) is 31.4 Å². The average Bonchev–Trinajstić information content (AvgIpc) is 2.48. The van der Waals surface area contributed by atoms with Crippen LogP contribution in [0.25, 0.3) is 0 Å². The highest BCUT2D eigenvalue weighted by molar-refractivity contribution is 9.10. The van der Waals surface area contributed by atoms with E-state index in [1.165, 1.54) is 5.56 Å². The minimum Gasteiger partial charge on any atom is -0.477 e. The lowest BCUT2D eigenvalue weighted by Gasteiger charge is -2.34. The van der Waals surface area contributed by atoms with Crippen LogP contribution in [0.15, 0.2) is 53.1 Å². The average molecular weight is 348 g/mol. The van der Waals surface area contributed by atoms with E-state index in [9.17, 15) is 0 Å². The maximum absolute atomic E-state index is 5.88.